The highest BCUT2D eigenvalue weighted by atomic mass is 32.2. The summed E-state index contributed by atoms with van der Waals surface area (Å²) in [5, 5.41) is 4.83. The summed E-state index contributed by atoms with van der Waals surface area (Å²) in [6, 6.07) is 11.9. The number of aryl methyl sites for hydroxylation is 1. The molecule has 1 aliphatic rings. The maximum absolute atomic E-state index is 12.9. The Morgan fingerprint density at radius 2 is 2.00 bits per heavy atom. The number of sulfonamides is 1. The van der Waals surface area contributed by atoms with Crippen molar-refractivity contribution in [3.8, 4) is 0 Å². The van der Waals surface area contributed by atoms with Crippen LogP contribution in [0.15, 0.2) is 46.0 Å². The number of thiophene rings is 1. The normalized spacial score (nSPS) is 19.0. The number of benzene rings is 1. The Hall–Kier alpha value is -1.74. The fraction of sp³-hybridized carbons (Fsp3) is 0.500. The van der Waals surface area contributed by atoms with Crippen molar-refractivity contribution >= 4 is 27.3 Å². The second-order valence-electron chi connectivity index (χ2n) is 7.95. The van der Waals surface area contributed by atoms with Gasteiger partial charge in [-0.3, -0.25) is 4.79 Å². The van der Waals surface area contributed by atoms with Crippen molar-refractivity contribution in [2.24, 2.45) is 5.92 Å². The van der Waals surface area contributed by atoms with Crippen LogP contribution in [0.4, 0.5) is 0 Å². The Bertz CT molecular complexity index is 925. The number of likely N-dealkylation sites (N-methyl/N-ethyl adjacent to an activating group) is 1. The number of carbonyl (C=O) groups is 1. The lowest BCUT2D eigenvalue weighted by atomic mass is 9.98. The number of piperidine rings is 1. The smallest absolute Gasteiger partial charge is 0.252 e. The lowest BCUT2D eigenvalue weighted by molar-refractivity contribution is -0.126. The van der Waals surface area contributed by atoms with Gasteiger partial charge in [-0.25, -0.2) is 8.42 Å². The van der Waals surface area contributed by atoms with Crippen LogP contribution in [0.5, 0.6) is 0 Å². The summed E-state index contributed by atoms with van der Waals surface area (Å²) in [6.45, 7) is 3.33. The van der Waals surface area contributed by atoms with Gasteiger partial charge in [0.1, 0.15) is 4.21 Å². The van der Waals surface area contributed by atoms with Gasteiger partial charge in [0.15, 0.2) is 0 Å². The highest BCUT2D eigenvalue weighted by molar-refractivity contribution is 7.91. The van der Waals surface area contributed by atoms with Crippen molar-refractivity contribution in [1.29, 1.82) is 0 Å². The molecule has 1 amide bonds. The molecule has 2 heterocycles. The van der Waals surface area contributed by atoms with Gasteiger partial charge in [-0.1, -0.05) is 37.3 Å². The van der Waals surface area contributed by atoms with Crippen LogP contribution in [0, 0.1) is 5.92 Å². The molecule has 0 radical (unpaired) electrons. The number of hydrogen-bond donors (Lipinski definition) is 1. The lowest BCUT2D eigenvalue weighted by Crippen LogP contribution is -2.46. The van der Waals surface area contributed by atoms with E-state index in [1.807, 2.05) is 14.1 Å². The first-order chi connectivity index (χ1) is 14.3. The van der Waals surface area contributed by atoms with E-state index in [2.05, 4.69) is 41.4 Å². The molecule has 0 spiro atoms. The average molecular weight is 450 g/mol. The number of nitrogens with one attached hydrogen (secondary N) is 1. The Morgan fingerprint density at radius 1 is 1.27 bits per heavy atom. The molecule has 1 aliphatic heterocycles. The fourth-order valence-electron chi connectivity index (χ4n) is 3.83. The van der Waals surface area contributed by atoms with Crippen LogP contribution in [0.3, 0.4) is 0 Å². The SMILES string of the molecule is CCc1ccc(C(CNC(=O)C2CCCN(S(=O)(=O)c3cccs3)C2)N(C)C)cc1. The summed E-state index contributed by atoms with van der Waals surface area (Å²) in [4.78, 5) is 15.0. The Kier molecular flexibility index (Phi) is 7.68. The van der Waals surface area contributed by atoms with Crippen molar-refractivity contribution in [2.75, 3.05) is 33.7 Å². The van der Waals surface area contributed by atoms with Crippen molar-refractivity contribution < 1.29 is 13.2 Å². The molecule has 2 unspecified atom stereocenters. The highest BCUT2D eigenvalue weighted by Gasteiger charge is 2.34. The third kappa shape index (κ3) is 5.29. The van der Waals surface area contributed by atoms with Crippen LogP contribution in [-0.2, 0) is 21.2 Å². The molecule has 6 nitrogen and oxygen atoms in total. The van der Waals surface area contributed by atoms with Gasteiger partial charge in [-0.05, 0) is 55.9 Å². The molecule has 30 heavy (non-hydrogen) atoms. The minimum atomic E-state index is -3.52. The molecule has 1 saturated heterocycles. The van der Waals surface area contributed by atoms with E-state index in [0.29, 0.717) is 30.1 Å². The Labute approximate surface area is 183 Å². The molecule has 1 fully saturated rings. The van der Waals surface area contributed by atoms with E-state index in [1.165, 1.54) is 21.2 Å². The number of hydrogen-bond acceptors (Lipinski definition) is 5. The van der Waals surface area contributed by atoms with Gasteiger partial charge in [-0.15, -0.1) is 11.3 Å². The van der Waals surface area contributed by atoms with Gasteiger partial charge >= 0.3 is 0 Å². The third-order valence-corrected chi connectivity index (χ3v) is 8.95. The van der Waals surface area contributed by atoms with Crippen LogP contribution < -0.4 is 5.32 Å². The van der Waals surface area contributed by atoms with Gasteiger partial charge in [-0.2, -0.15) is 4.31 Å². The molecule has 2 atom stereocenters. The Balaban J connectivity index is 1.62. The summed E-state index contributed by atoms with van der Waals surface area (Å²) in [7, 11) is 0.485. The molecule has 0 saturated carbocycles. The zero-order valence-electron chi connectivity index (χ0n) is 17.9. The molecule has 2 aromatic rings. The molecule has 3 rings (SSSR count). The highest BCUT2D eigenvalue weighted by Crippen LogP contribution is 2.26. The van der Waals surface area contributed by atoms with E-state index < -0.39 is 10.0 Å². The second kappa shape index (κ2) is 10.0. The molecular formula is C22H31N3O3S2. The summed E-state index contributed by atoms with van der Waals surface area (Å²) in [5.41, 5.74) is 2.44. The lowest BCUT2D eigenvalue weighted by Gasteiger charge is -2.32. The van der Waals surface area contributed by atoms with Crippen molar-refractivity contribution in [3.05, 3.63) is 52.9 Å². The van der Waals surface area contributed by atoms with Gasteiger partial charge in [0.05, 0.1) is 12.0 Å². The monoisotopic (exact) mass is 449 g/mol. The van der Waals surface area contributed by atoms with E-state index >= 15 is 0 Å². The molecule has 8 heteroatoms. The van der Waals surface area contributed by atoms with Crippen LogP contribution in [0.1, 0.15) is 36.9 Å². The minimum Gasteiger partial charge on any atom is -0.354 e. The predicted octanol–water partition coefficient (Wildman–Crippen LogP) is 3.13. The van der Waals surface area contributed by atoms with E-state index in [-0.39, 0.29) is 24.4 Å². The first kappa shape index (κ1) is 22.9. The van der Waals surface area contributed by atoms with E-state index in [0.717, 1.165) is 12.0 Å². The quantitative estimate of drug-likeness (QED) is 0.672. The van der Waals surface area contributed by atoms with Crippen LogP contribution in [0.25, 0.3) is 0 Å². The predicted molar refractivity (Wildman–Crippen MR) is 121 cm³/mol. The van der Waals surface area contributed by atoms with Crippen LogP contribution in [-0.4, -0.2) is 57.3 Å². The van der Waals surface area contributed by atoms with Gasteiger partial charge < -0.3 is 10.2 Å². The summed E-state index contributed by atoms with van der Waals surface area (Å²) < 4.78 is 27.4. The standard InChI is InChI=1S/C22H31N3O3S2/c1-4-17-9-11-18(12-10-17)20(24(2)3)15-23-22(26)19-7-5-13-25(16-19)30(27,28)21-8-6-14-29-21/h6,8-12,14,19-20H,4-5,7,13,15-16H2,1-3H3,(H,23,26). The number of nitrogens with zero attached hydrogens (tertiary/aromatic N) is 2. The average Bonchev–Trinajstić information content (AvgIpc) is 3.30. The third-order valence-electron chi connectivity index (χ3n) is 5.71. The van der Waals surface area contributed by atoms with Crippen LogP contribution in [0.2, 0.25) is 0 Å². The van der Waals surface area contributed by atoms with E-state index in [1.54, 1.807) is 17.5 Å². The van der Waals surface area contributed by atoms with Gasteiger partial charge in [0, 0.05) is 19.6 Å². The molecule has 164 valence electrons. The summed E-state index contributed by atoms with van der Waals surface area (Å²) in [6.07, 6.45) is 2.40. The van der Waals surface area contributed by atoms with Crippen molar-refractivity contribution in [2.45, 2.75) is 36.4 Å². The first-order valence-corrected chi connectivity index (χ1v) is 12.7. The van der Waals surface area contributed by atoms with Crippen molar-refractivity contribution in [1.82, 2.24) is 14.5 Å². The van der Waals surface area contributed by atoms with Crippen LogP contribution >= 0.6 is 11.3 Å². The maximum Gasteiger partial charge on any atom is 0.252 e. The zero-order valence-corrected chi connectivity index (χ0v) is 19.5. The number of rotatable bonds is 8. The molecule has 1 N–H and O–H groups in total. The molecular weight excluding hydrogens is 418 g/mol. The maximum atomic E-state index is 12.9. The molecule has 1 aromatic carbocycles. The second-order valence-corrected chi connectivity index (χ2v) is 11.1. The number of amides is 1. The summed E-state index contributed by atoms with van der Waals surface area (Å²) in [5.74, 6) is -0.392. The summed E-state index contributed by atoms with van der Waals surface area (Å²) >= 11 is 1.21. The van der Waals surface area contributed by atoms with Gasteiger partial charge in [0.25, 0.3) is 10.0 Å². The largest absolute Gasteiger partial charge is 0.354 e. The fourth-order valence-corrected chi connectivity index (χ4v) is 6.50. The van der Waals surface area contributed by atoms with Gasteiger partial charge in [0.2, 0.25) is 5.91 Å². The molecule has 1 aromatic heterocycles. The topological polar surface area (TPSA) is 69.7 Å². The molecule has 0 bridgehead atoms. The molecule has 0 aliphatic carbocycles. The number of carbonyl (C=O) groups excluding carboxylic acids is 1. The Morgan fingerprint density at radius 3 is 2.60 bits per heavy atom. The van der Waals surface area contributed by atoms with E-state index in [9.17, 15) is 13.2 Å². The minimum absolute atomic E-state index is 0.0643. The zero-order chi connectivity index (χ0) is 21.7. The first-order valence-electron chi connectivity index (χ1n) is 10.4. The van der Waals surface area contributed by atoms with Crippen molar-refractivity contribution in [3.63, 3.8) is 0 Å². The van der Waals surface area contributed by atoms with E-state index in [4.69, 9.17) is 0 Å².